The van der Waals surface area contributed by atoms with Crippen LogP contribution >= 0.6 is 0 Å². The molecular weight excluding hydrogens is 286 g/mol. The van der Waals surface area contributed by atoms with Crippen LogP contribution in [0.5, 0.6) is 0 Å². The first kappa shape index (κ1) is 15.3. The molecule has 1 N–H and O–H groups in total. The smallest absolute Gasteiger partial charge is 0.216 e. The highest BCUT2D eigenvalue weighted by molar-refractivity contribution is 5.80. The minimum atomic E-state index is 0.0132. The van der Waals surface area contributed by atoms with Gasteiger partial charge in [-0.3, -0.25) is 4.79 Å². The summed E-state index contributed by atoms with van der Waals surface area (Å²) < 4.78 is 2.24. The molecule has 1 amide bonds. The van der Waals surface area contributed by atoms with Crippen molar-refractivity contribution in [1.29, 1.82) is 0 Å². The highest BCUT2D eigenvalue weighted by Crippen LogP contribution is 2.25. The summed E-state index contributed by atoms with van der Waals surface area (Å²) in [5.74, 6) is 0.994. The van der Waals surface area contributed by atoms with Gasteiger partial charge in [-0.05, 0) is 25.5 Å². The zero-order chi connectivity index (χ0) is 16.2. The van der Waals surface area contributed by atoms with E-state index < -0.39 is 0 Å². The third kappa shape index (κ3) is 3.42. The van der Waals surface area contributed by atoms with Gasteiger partial charge in [-0.25, -0.2) is 4.98 Å². The third-order valence-corrected chi connectivity index (χ3v) is 3.90. The topological polar surface area (TPSA) is 46.9 Å². The fourth-order valence-electron chi connectivity index (χ4n) is 2.73. The van der Waals surface area contributed by atoms with Gasteiger partial charge in [0.1, 0.15) is 5.82 Å². The first-order chi connectivity index (χ1) is 11.1. The number of fused-ring (bicyclic) bond motifs is 1. The normalized spacial score (nSPS) is 10.9. The molecule has 0 aliphatic heterocycles. The van der Waals surface area contributed by atoms with Crippen molar-refractivity contribution in [2.24, 2.45) is 0 Å². The highest BCUT2D eigenvalue weighted by atomic mass is 16.1. The van der Waals surface area contributed by atoms with Crippen LogP contribution in [0.2, 0.25) is 0 Å². The Bertz CT molecular complexity index is 818. The summed E-state index contributed by atoms with van der Waals surface area (Å²) in [6, 6.07) is 16.6. The second kappa shape index (κ2) is 6.65. The molecule has 0 saturated heterocycles. The van der Waals surface area contributed by atoms with Crippen molar-refractivity contribution in [2.45, 2.75) is 26.8 Å². The Kier molecular flexibility index (Phi) is 4.42. The number of hydrogen-bond acceptors (Lipinski definition) is 2. The lowest BCUT2D eigenvalue weighted by molar-refractivity contribution is -0.118. The van der Waals surface area contributed by atoms with Crippen molar-refractivity contribution < 1.29 is 4.79 Å². The molecule has 1 aromatic heterocycles. The molecular formula is C19H21N3O. The standard InChI is InChI=1S/C19H21N3O/c1-14-8-10-16(11-9-14)19-21-17-6-3-4-7-18(17)22(19)13-5-12-20-15(2)23/h3-4,6-11H,5,12-13H2,1-2H3,(H,20,23). The number of imidazole rings is 1. The Morgan fingerprint density at radius 2 is 1.87 bits per heavy atom. The van der Waals surface area contributed by atoms with E-state index in [9.17, 15) is 4.79 Å². The fraction of sp³-hybridized carbons (Fsp3) is 0.263. The quantitative estimate of drug-likeness (QED) is 0.733. The van der Waals surface area contributed by atoms with E-state index in [0.29, 0.717) is 6.54 Å². The number of aromatic nitrogens is 2. The third-order valence-electron chi connectivity index (χ3n) is 3.90. The number of benzene rings is 2. The Hall–Kier alpha value is -2.62. The lowest BCUT2D eigenvalue weighted by Crippen LogP contribution is -2.22. The van der Waals surface area contributed by atoms with Gasteiger partial charge in [0, 0.05) is 25.6 Å². The Labute approximate surface area is 136 Å². The molecule has 3 rings (SSSR count). The number of carbonyl (C=O) groups is 1. The average molecular weight is 307 g/mol. The van der Waals surface area contributed by atoms with E-state index >= 15 is 0 Å². The summed E-state index contributed by atoms with van der Waals surface area (Å²) in [6.45, 7) is 5.13. The van der Waals surface area contributed by atoms with Gasteiger partial charge in [0.2, 0.25) is 5.91 Å². The van der Waals surface area contributed by atoms with Gasteiger partial charge in [0.15, 0.2) is 0 Å². The Morgan fingerprint density at radius 1 is 1.13 bits per heavy atom. The molecule has 4 heteroatoms. The molecule has 0 atom stereocenters. The molecule has 0 spiro atoms. The zero-order valence-electron chi connectivity index (χ0n) is 13.5. The van der Waals surface area contributed by atoms with E-state index in [1.807, 2.05) is 18.2 Å². The summed E-state index contributed by atoms with van der Waals surface area (Å²) in [6.07, 6.45) is 0.874. The van der Waals surface area contributed by atoms with E-state index in [4.69, 9.17) is 4.98 Å². The van der Waals surface area contributed by atoms with Crippen LogP contribution in [0.15, 0.2) is 48.5 Å². The minimum absolute atomic E-state index is 0.0132. The maximum absolute atomic E-state index is 11.0. The molecule has 0 bridgehead atoms. The zero-order valence-corrected chi connectivity index (χ0v) is 13.5. The number of nitrogens with zero attached hydrogens (tertiary/aromatic N) is 2. The van der Waals surface area contributed by atoms with Gasteiger partial charge in [0.05, 0.1) is 11.0 Å². The lowest BCUT2D eigenvalue weighted by Gasteiger charge is -2.10. The first-order valence-electron chi connectivity index (χ1n) is 7.92. The van der Waals surface area contributed by atoms with Gasteiger partial charge in [-0.15, -0.1) is 0 Å². The van der Waals surface area contributed by atoms with E-state index in [2.05, 4.69) is 47.1 Å². The molecule has 0 aliphatic rings. The number of carbonyl (C=O) groups excluding carboxylic acids is 1. The molecule has 1 heterocycles. The van der Waals surface area contributed by atoms with Crippen molar-refractivity contribution in [3.63, 3.8) is 0 Å². The number of nitrogens with one attached hydrogen (secondary N) is 1. The van der Waals surface area contributed by atoms with E-state index in [-0.39, 0.29) is 5.91 Å². The van der Waals surface area contributed by atoms with Crippen LogP contribution in [0.3, 0.4) is 0 Å². The van der Waals surface area contributed by atoms with Gasteiger partial charge in [-0.2, -0.15) is 0 Å². The van der Waals surface area contributed by atoms with Gasteiger partial charge < -0.3 is 9.88 Å². The molecule has 0 unspecified atom stereocenters. The molecule has 0 fully saturated rings. The van der Waals surface area contributed by atoms with E-state index in [1.54, 1.807) is 6.92 Å². The van der Waals surface area contributed by atoms with E-state index in [0.717, 1.165) is 35.4 Å². The van der Waals surface area contributed by atoms with Crippen LogP contribution in [-0.2, 0) is 11.3 Å². The van der Waals surface area contributed by atoms with Crippen LogP contribution in [-0.4, -0.2) is 22.0 Å². The fourth-order valence-corrected chi connectivity index (χ4v) is 2.73. The van der Waals surface area contributed by atoms with Crippen LogP contribution in [0.4, 0.5) is 0 Å². The summed E-state index contributed by atoms with van der Waals surface area (Å²) in [5, 5.41) is 2.85. The highest BCUT2D eigenvalue weighted by Gasteiger charge is 2.11. The largest absolute Gasteiger partial charge is 0.356 e. The molecule has 2 aromatic carbocycles. The number of hydrogen-bond donors (Lipinski definition) is 1. The maximum atomic E-state index is 11.0. The van der Waals surface area contributed by atoms with Crippen molar-refractivity contribution in [1.82, 2.24) is 14.9 Å². The predicted octanol–water partition coefficient (Wildman–Crippen LogP) is 3.54. The number of rotatable bonds is 5. The molecule has 0 aliphatic carbocycles. The maximum Gasteiger partial charge on any atom is 0.216 e. The van der Waals surface area contributed by atoms with Crippen molar-refractivity contribution in [2.75, 3.05) is 6.54 Å². The summed E-state index contributed by atoms with van der Waals surface area (Å²) in [4.78, 5) is 15.8. The predicted molar refractivity (Wildman–Crippen MR) is 93.2 cm³/mol. The molecule has 0 radical (unpaired) electrons. The van der Waals surface area contributed by atoms with E-state index in [1.165, 1.54) is 5.56 Å². The summed E-state index contributed by atoms with van der Waals surface area (Å²) in [7, 11) is 0. The SMILES string of the molecule is CC(=O)NCCCn1c(-c2ccc(C)cc2)nc2ccccc21. The van der Waals surface area contributed by atoms with Crippen LogP contribution in [0.25, 0.3) is 22.4 Å². The van der Waals surface area contributed by atoms with Crippen LogP contribution in [0, 0.1) is 6.92 Å². The number of aryl methyl sites for hydroxylation is 2. The average Bonchev–Trinajstić information content (AvgIpc) is 2.91. The Balaban J connectivity index is 1.94. The second-order valence-electron chi connectivity index (χ2n) is 5.78. The monoisotopic (exact) mass is 307 g/mol. The molecule has 118 valence electrons. The van der Waals surface area contributed by atoms with Gasteiger partial charge >= 0.3 is 0 Å². The lowest BCUT2D eigenvalue weighted by atomic mass is 10.1. The number of para-hydroxylation sites is 2. The molecule has 3 aromatic rings. The van der Waals surface area contributed by atoms with Crippen LogP contribution < -0.4 is 5.32 Å². The summed E-state index contributed by atoms with van der Waals surface area (Å²) >= 11 is 0. The molecule has 0 saturated carbocycles. The van der Waals surface area contributed by atoms with Crippen LogP contribution in [0.1, 0.15) is 18.9 Å². The number of amides is 1. The minimum Gasteiger partial charge on any atom is -0.356 e. The Morgan fingerprint density at radius 3 is 2.61 bits per heavy atom. The molecule has 23 heavy (non-hydrogen) atoms. The first-order valence-corrected chi connectivity index (χ1v) is 7.92. The molecule has 4 nitrogen and oxygen atoms in total. The summed E-state index contributed by atoms with van der Waals surface area (Å²) in [5.41, 5.74) is 4.49. The van der Waals surface area contributed by atoms with Crippen molar-refractivity contribution in [3.05, 3.63) is 54.1 Å². The van der Waals surface area contributed by atoms with Gasteiger partial charge in [-0.1, -0.05) is 42.0 Å². The van der Waals surface area contributed by atoms with Crippen molar-refractivity contribution in [3.8, 4) is 11.4 Å². The second-order valence-corrected chi connectivity index (χ2v) is 5.78. The van der Waals surface area contributed by atoms with Crippen molar-refractivity contribution >= 4 is 16.9 Å². The van der Waals surface area contributed by atoms with Gasteiger partial charge in [0.25, 0.3) is 0 Å².